The van der Waals surface area contributed by atoms with E-state index in [2.05, 4.69) is 4.72 Å². The largest absolute Gasteiger partial charge is 0.273 e. The quantitative estimate of drug-likeness (QED) is 0.637. The van der Waals surface area contributed by atoms with Gasteiger partial charge in [0.05, 0.1) is 10.7 Å². The fourth-order valence-corrected chi connectivity index (χ4v) is 3.55. The summed E-state index contributed by atoms with van der Waals surface area (Å²) in [5.41, 5.74) is 1.47. The van der Waals surface area contributed by atoms with E-state index in [1.165, 1.54) is 18.2 Å². The van der Waals surface area contributed by atoms with Crippen LogP contribution in [-0.2, 0) is 22.3 Å². The lowest BCUT2D eigenvalue weighted by molar-refractivity contribution is -0.385. The van der Waals surface area contributed by atoms with Crippen molar-refractivity contribution < 1.29 is 13.3 Å². The summed E-state index contributed by atoms with van der Waals surface area (Å²) in [5.74, 6) is -0.465. The van der Waals surface area contributed by atoms with E-state index in [-0.39, 0.29) is 17.8 Å². The predicted octanol–water partition coefficient (Wildman–Crippen LogP) is 3.18. The zero-order chi connectivity index (χ0) is 17.0. The summed E-state index contributed by atoms with van der Waals surface area (Å²) >= 11 is 6.06. The molecule has 23 heavy (non-hydrogen) atoms. The van der Waals surface area contributed by atoms with Gasteiger partial charge in [-0.1, -0.05) is 41.9 Å². The molecule has 6 nitrogen and oxygen atoms in total. The minimum Gasteiger partial charge on any atom is -0.258 e. The van der Waals surface area contributed by atoms with Crippen LogP contribution in [0.3, 0.4) is 0 Å². The molecule has 0 unspecified atom stereocenters. The number of aryl methyl sites for hydroxylation is 1. The highest BCUT2D eigenvalue weighted by atomic mass is 35.5. The standard InChI is InChI=1S/C15H15ClN2O4S/c1-11-5-4-7-14(16)13(11)9-17-23(21,22)10-12-6-2-3-8-15(12)18(19)20/h2-8,17H,9-10H2,1H3. The zero-order valence-corrected chi connectivity index (χ0v) is 13.9. The van der Waals surface area contributed by atoms with Gasteiger partial charge in [-0.05, 0) is 24.1 Å². The molecule has 2 aromatic carbocycles. The smallest absolute Gasteiger partial charge is 0.258 e. The van der Waals surface area contributed by atoms with Crippen LogP contribution in [0, 0.1) is 17.0 Å². The van der Waals surface area contributed by atoms with Crippen LogP contribution >= 0.6 is 11.6 Å². The maximum Gasteiger partial charge on any atom is 0.273 e. The highest BCUT2D eigenvalue weighted by Gasteiger charge is 2.20. The maximum atomic E-state index is 12.2. The molecule has 2 rings (SSSR count). The number of hydrogen-bond acceptors (Lipinski definition) is 4. The van der Waals surface area contributed by atoms with Gasteiger partial charge in [-0.3, -0.25) is 10.1 Å². The minimum atomic E-state index is -3.74. The van der Waals surface area contributed by atoms with Crippen molar-refractivity contribution in [2.24, 2.45) is 0 Å². The average Bonchev–Trinajstić information content (AvgIpc) is 2.46. The van der Waals surface area contributed by atoms with E-state index < -0.39 is 20.7 Å². The summed E-state index contributed by atoms with van der Waals surface area (Å²) in [4.78, 5) is 10.4. The van der Waals surface area contributed by atoms with Gasteiger partial charge < -0.3 is 0 Å². The van der Waals surface area contributed by atoms with Gasteiger partial charge in [-0.2, -0.15) is 0 Å². The highest BCUT2D eigenvalue weighted by Crippen LogP contribution is 2.22. The summed E-state index contributed by atoms with van der Waals surface area (Å²) in [6, 6.07) is 11.1. The SMILES string of the molecule is Cc1cccc(Cl)c1CNS(=O)(=O)Cc1ccccc1[N+](=O)[O-]. The fraction of sp³-hybridized carbons (Fsp3) is 0.200. The molecule has 0 aromatic heterocycles. The summed E-state index contributed by atoms with van der Waals surface area (Å²) in [5, 5.41) is 11.4. The minimum absolute atomic E-state index is 0.0362. The molecular weight excluding hydrogens is 340 g/mol. The lowest BCUT2D eigenvalue weighted by Crippen LogP contribution is -2.25. The second kappa shape index (κ2) is 7.08. The summed E-state index contributed by atoms with van der Waals surface area (Å²) in [6.45, 7) is 1.87. The van der Waals surface area contributed by atoms with Gasteiger partial charge in [0.2, 0.25) is 10.0 Å². The van der Waals surface area contributed by atoms with E-state index in [0.29, 0.717) is 10.6 Å². The zero-order valence-electron chi connectivity index (χ0n) is 12.3. The van der Waals surface area contributed by atoms with Gasteiger partial charge in [-0.25, -0.2) is 13.1 Å². The monoisotopic (exact) mass is 354 g/mol. The van der Waals surface area contributed by atoms with Crippen LogP contribution in [0.1, 0.15) is 16.7 Å². The van der Waals surface area contributed by atoms with E-state index in [0.717, 1.165) is 5.56 Å². The third-order valence-electron chi connectivity index (χ3n) is 3.36. The molecule has 0 aliphatic heterocycles. The number of nitro groups is 1. The average molecular weight is 355 g/mol. The van der Waals surface area contributed by atoms with Crippen LogP contribution in [0.15, 0.2) is 42.5 Å². The van der Waals surface area contributed by atoms with Crippen molar-refractivity contribution in [2.75, 3.05) is 0 Å². The van der Waals surface area contributed by atoms with Crippen molar-refractivity contribution in [3.8, 4) is 0 Å². The van der Waals surface area contributed by atoms with Gasteiger partial charge in [-0.15, -0.1) is 0 Å². The van der Waals surface area contributed by atoms with Crippen LogP contribution in [0.4, 0.5) is 5.69 Å². The van der Waals surface area contributed by atoms with Crippen LogP contribution in [0.5, 0.6) is 0 Å². The molecule has 0 radical (unpaired) electrons. The van der Waals surface area contributed by atoms with E-state index in [1.807, 2.05) is 13.0 Å². The molecule has 0 spiro atoms. The lowest BCUT2D eigenvalue weighted by Gasteiger charge is -2.10. The number of para-hydroxylation sites is 1. The first-order valence-electron chi connectivity index (χ1n) is 6.74. The summed E-state index contributed by atoms with van der Waals surface area (Å²) in [7, 11) is -3.74. The molecule has 0 fully saturated rings. The fourth-order valence-electron chi connectivity index (χ4n) is 2.14. The third-order valence-corrected chi connectivity index (χ3v) is 4.99. The second-order valence-corrected chi connectivity index (χ2v) is 7.22. The van der Waals surface area contributed by atoms with E-state index in [9.17, 15) is 18.5 Å². The third kappa shape index (κ3) is 4.51. The van der Waals surface area contributed by atoms with Gasteiger partial charge in [0.15, 0.2) is 0 Å². The molecule has 1 N–H and O–H groups in total. The van der Waals surface area contributed by atoms with Crippen LogP contribution in [-0.4, -0.2) is 13.3 Å². The number of sulfonamides is 1. The Morgan fingerprint density at radius 3 is 2.52 bits per heavy atom. The highest BCUT2D eigenvalue weighted by molar-refractivity contribution is 7.88. The van der Waals surface area contributed by atoms with Gasteiger partial charge >= 0.3 is 0 Å². The molecule has 0 saturated heterocycles. The summed E-state index contributed by atoms with van der Waals surface area (Å²) in [6.07, 6.45) is 0. The second-order valence-electron chi connectivity index (χ2n) is 5.00. The lowest BCUT2D eigenvalue weighted by atomic mass is 10.1. The van der Waals surface area contributed by atoms with Crippen molar-refractivity contribution in [3.05, 3.63) is 74.3 Å². The Labute approximate surface area is 139 Å². The maximum absolute atomic E-state index is 12.2. The molecule has 0 atom stereocenters. The number of nitro benzene ring substituents is 1. The van der Waals surface area contributed by atoms with E-state index in [4.69, 9.17) is 11.6 Å². The number of hydrogen-bond donors (Lipinski definition) is 1. The van der Waals surface area contributed by atoms with Crippen molar-refractivity contribution in [3.63, 3.8) is 0 Å². The van der Waals surface area contributed by atoms with Crippen LogP contribution < -0.4 is 4.72 Å². The van der Waals surface area contributed by atoms with Gasteiger partial charge in [0, 0.05) is 23.2 Å². The van der Waals surface area contributed by atoms with Crippen LogP contribution in [0.25, 0.3) is 0 Å². The molecule has 8 heteroatoms. The van der Waals surface area contributed by atoms with Crippen molar-refractivity contribution in [2.45, 2.75) is 19.2 Å². The van der Waals surface area contributed by atoms with Gasteiger partial charge in [0.25, 0.3) is 5.69 Å². The Bertz CT molecular complexity index is 817. The molecule has 2 aromatic rings. The number of nitrogens with zero attached hydrogens (tertiary/aromatic N) is 1. The molecule has 0 aliphatic rings. The number of halogens is 1. The molecule has 0 aliphatic carbocycles. The first-order chi connectivity index (χ1) is 10.8. The molecule has 0 bridgehead atoms. The molecule has 0 heterocycles. The number of nitrogens with one attached hydrogen (secondary N) is 1. The summed E-state index contributed by atoms with van der Waals surface area (Å²) < 4.78 is 26.8. The van der Waals surface area contributed by atoms with Crippen molar-refractivity contribution in [1.82, 2.24) is 4.72 Å². The Balaban J connectivity index is 2.16. The van der Waals surface area contributed by atoms with Gasteiger partial charge in [0.1, 0.15) is 0 Å². The Hall–Kier alpha value is -1.96. The van der Waals surface area contributed by atoms with E-state index in [1.54, 1.807) is 18.2 Å². The Morgan fingerprint density at radius 2 is 1.87 bits per heavy atom. The van der Waals surface area contributed by atoms with Crippen LogP contribution in [0.2, 0.25) is 5.02 Å². The molecule has 0 amide bonds. The van der Waals surface area contributed by atoms with Crippen molar-refractivity contribution in [1.29, 1.82) is 0 Å². The number of benzene rings is 2. The normalized spacial score (nSPS) is 11.4. The van der Waals surface area contributed by atoms with Crippen molar-refractivity contribution >= 4 is 27.3 Å². The predicted molar refractivity (Wildman–Crippen MR) is 88.7 cm³/mol. The molecule has 122 valence electrons. The molecular formula is C15H15ClN2O4S. The topological polar surface area (TPSA) is 89.3 Å². The first-order valence-corrected chi connectivity index (χ1v) is 8.77. The molecule has 0 saturated carbocycles. The van der Waals surface area contributed by atoms with E-state index >= 15 is 0 Å². The first kappa shape index (κ1) is 17.4. The Morgan fingerprint density at radius 1 is 1.17 bits per heavy atom. The number of rotatable bonds is 6. The Kier molecular flexibility index (Phi) is 5.35.